The summed E-state index contributed by atoms with van der Waals surface area (Å²) in [6.45, 7) is 0.650. The Balaban J connectivity index is 0.000000177. The van der Waals surface area contributed by atoms with Crippen LogP contribution in [0, 0.1) is 5.92 Å². The minimum absolute atomic E-state index is 0.0243. The first-order chi connectivity index (χ1) is 23.1. The van der Waals surface area contributed by atoms with Crippen molar-refractivity contribution < 1.29 is 48.1 Å². The maximum Gasteiger partial charge on any atom is 0.407 e. The summed E-state index contributed by atoms with van der Waals surface area (Å²) >= 11 is 0. The summed E-state index contributed by atoms with van der Waals surface area (Å²) in [7, 11) is 0. The fraction of sp³-hybridized carbons (Fsp3) is 0.333. The lowest BCUT2D eigenvalue weighted by molar-refractivity contribution is -0.141. The second kappa shape index (κ2) is 13.9. The number of alkyl carbamates (subject to hydrolysis) is 1. The van der Waals surface area contributed by atoms with E-state index in [1.165, 1.54) is 9.80 Å². The lowest BCUT2D eigenvalue weighted by Crippen LogP contribution is -2.37. The SMILES string of the molecule is O=C1COc2ccc(N3CC(C(=O)O)CC3=O)nc2C1.O=C1COc2ccc(N3CC(NC(=O)OCc4ccccc4)CC3=O)nc2C1. The van der Waals surface area contributed by atoms with Crippen LogP contribution in [0.2, 0.25) is 0 Å². The third-order valence-corrected chi connectivity index (χ3v) is 8.03. The van der Waals surface area contributed by atoms with Gasteiger partial charge >= 0.3 is 12.1 Å². The number of Topliss-reactive ketones (excluding diaryl/α,β-unsaturated/α-hetero) is 2. The molecule has 15 nitrogen and oxygen atoms in total. The molecule has 48 heavy (non-hydrogen) atoms. The predicted molar refractivity (Wildman–Crippen MR) is 166 cm³/mol. The van der Waals surface area contributed by atoms with Crippen molar-refractivity contribution in [3.05, 3.63) is 71.5 Å². The van der Waals surface area contributed by atoms with E-state index in [-0.39, 0.29) is 81.5 Å². The number of nitrogens with zero attached hydrogens (tertiary/aromatic N) is 4. The fourth-order valence-corrected chi connectivity index (χ4v) is 5.61. The quantitative estimate of drug-likeness (QED) is 0.390. The first-order valence-electron chi connectivity index (χ1n) is 15.2. The van der Waals surface area contributed by atoms with E-state index in [4.69, 9.17) is 19.3 Å². The number of aromatic nitrogens is 2. The zero-order valence-corrected chi connectivity index (χ0v) is 25.6. The summed E-state index contributed by atoms with van der Waals surface area (Å²) in [6, 6.07) is 15.7. The molecular weight excluding hydrogens is 626 g/mol. The highest BCUT2D eigenvalue weighted by molar-refractivity contribution is 5.99. The second-order valence-corrected chi connectivity index (χ2v) is 11.6. The lowest BCUT2D eigenvalue weighted by Gasteiger charge is -2.20. The summed E-state index contributed by atoms with van der Waals surface area (Å²) < 4.78 is 15.8. The van der Waals surface area contributed by atoms with Crippen molar-refractivity contribution in [3.63, 3.8) is 0 Å². The van der Waals surface area contributed by atoms with Crippen LogP contribution in [0.4, 0.5) is 16.4 Å². The Kier molecular flexibility index (Phi) is 9.27. The zero-order chi connectivity index (χ0) is 33.8. The first-order valence-corrected chi connectivity index (χ1v) is 15.2. The molecule has 248 valence electrons. The van der Waals surface area contributed by atoms with Gasteiger partial charge in [-0.25, -0.2) is 14.8 Å². The van der Waals surface area contributed by atoms with Gasteiger partial charge in [-0.3, -0.25) is 33.8 Å². The van der Waals surface area contributed by atoms with Gasteiger partial charge in [0.15, 0.2) is 11.6 Å². The minimum atomic E-state index is -0.989. The van der Waals surface area contributed by atoms with E-state index in [1.807, 2.05) is 30.3 Å². The zero-order valence-electron chi connectivity index (χ0n) is 25.6. The Morgan fingerprint density at radius 3 is 1.92 bits per heavy atom. The van der Waals surface area contributed by atoms with Crippen LogP contribution in [-0.2, 0) is 48.2 Å². The van der Waals surface area contributed by atoms with E-state index in [2.05, 4.69) is 15.3 Å². The molecule has 6 heterocycles. The molecule has 7 rings (SSSR count). The fourth-order valence-electron chi connectivity index (χ4n) is 5.61. The Morgan fingerprint density at radius 1 is 0.792 bits per heavy atom. The van der Waals surface area contributed by atoms with Crippen LogP contribution < -0.4 is 24.6 Å². The molecule has 1 aromatic carbocycles. The predicted octanol–water partition coefficient (Wildman–Crippen LogP) is 1.64. The third-order valence-electron chi connectivity index (χ3n) is 8.03. The molecule has 4 aliphatic heterocycles. The molecular formula is C33H31N5O10. The van der Waals surface area contributed by atoms with Gasteiger partial charge in [0.1, 0.15) is 43.0 Å². The molecule has 2 N–H and O–H groups in total. The maximum absolute atomic E-state index is 12.4. The molecule has 2 atom stereocenters. The van der Waals surface area contributed by atoms with E-state index in [0.717, 1.165) is 5.56 Å². The Morgan fingerprint density at radius 2 is 1.35 bits per heavy atom. The molecule has 0 radical (unpaired) electrons. The van der Waals surface area contributed by atoms with E-state index in [0.29, 0.717) is 41.1 Å². The number of anilines is 2. The molecule has 3 aromatic rings. The van der Waals surface area contributed by atoms with Gasteiger partial charge < -0.3 is 24.6 Å². The highest BCUT2D eigenvalue weighted by Gasteiger charge is 2.36. The van der Waals surface area contributed by atoms with Crippen molar-refractivity contribution >= 4 is 47.1 Å². The van der Waals surface area contributed by atoms with Crippen LogP contribution >= 0.6 is 0 Å². The third kappa shape index (κ3) is 7.40. The molecule has 0 bridgehead atoms. The van der Waals surface area contributed by atoms with Crippen LogP contribution in [-0.4, -0.2) is 82.9 Å². The lowest BCUT2D eigenvalue weighted by atomic mass is 10.1. The molecule has 3 amide bonds. The monoisotopic (exact) mass is 657 g/mol. The van der Waals surface area contributed by atoms with Crippen LogP contribution in [0.3, 0.4) is 0 Å². The van der Waals surface area contributed by atoms with Crippen LogP contribution in [0.15, 0.2) is 54.6 Å². The number of carboxylic acid groups (broad SMARTS) is 1. The number of carbonyl (C=O) groups is 6. The van der Waals surface area contributed by atoms with Crippen molar-refractivity contribution in [2.75, 3.05) is 36.1 Å². The number of nitrogens with one attached hydrogen (secondary N) is 1. The van der Waals surface area contributed by atoms with Gasteiger partial charge in [-0.2, -0.15) is 0 Å². The van der Waals surface area contributed by atoms with Crippen LogP contribution in [0.1, 0.15) is 29.8 Å². The smallest absolute Gasteiger partial charge is 0.407 e. The number of hydrogen-bond donors (Lipinski definition) is 2. The molecule has 2 saturated heterocycles. The standard InChI is InChI=1S/C20H19N3O5.C13H12N2O5/c24-15-9-16-17(27-12-15)6-7-18(22-16)23-10-14(8-19(23)25)21-20(26)28-11-13-4-2-1-3-5-13;16-8-4-9-10(20-6-8)1-2-11(14-9)15-5-7(13(18)19)3-12(15)17/h1-7,14H,8-12H2,(H,21,26);1-2,7H,3-6H2,(H,18,19). The number of amides is 3. The van der Waals surface area contributed by atoms with Gasteiger partial charge in [0, 0.05) is 25.9 Å². The van der Waals surface area contributed by atoms with Crippen molar-refractivity contribution in [2.24, 2.45) is 5.92 Å². The highest BCUT2D eigenvalue weighted by Crippen LogP contribution is 2.29. The number of carbonyl (C=O) groups excluding carboxylic acids is 5. The molecule has 0 spiro atoms. The van der Waals surface area contributed by atoms with E-state index >= 15 is 0 Å². The number of ether oxygens (including phenoxy) is 3. The second-order valence-electron chi connectivity index (χ2n) is 11.6. The average molecular weight is 658 g/mol. The molecule has 2 unspecified atom stereocenters. The Bertz CT molecular complexity index is 1780. The average Bonchev–Trinajstić information content (AvgIpc) is 3.65. The normalized spacial score (nSPS) is 19.8. The number of aliphatic carboxylic acids is 1. The van der Waals surface area contributed by atoms with E-state index in [1.54, 1.807) is 24.3 Å². The number of fused-ring (bicyclic) bond motifs is 2. The van der Waals surface area contributed by atoms with Crippen LogP contribution in [0.25, 0.3) is 0 Å². The Labute approximate surface area is 273 Å². The van der Waals surface area contributed by atoms with Crippen molar-refractivity contribution in [1.29, 1.82) is 0 Å². The molecule has 0 saturated carbocycles. The van der Waals surface area contributed by atoms with Gasteiger partial charge in [-0.15, -0.1) is 0 Å². The Hall–Kier alpha value is -5.86. The van der Waals surface area contributed by atoms with Crippen LogP contribution in [0.5, 0.6) is 11.5 Å². The highest BCUT2D eigenvalue weighted by atomic mass is 16.5. The molecule has 2 aromatic heterocycles. The number of carboxylic acids is 1. The summed E-state index contributed by atoms with van der Waals surface area (Å²) in [4.78, 5) is 81.6. The summed E-state index contributed by atoms with van der Waals surface area (Å²) in [6.07, 6.45) is -0.0642. The summed E-state index contributed by atoms with van der Waals surface area (Å²) in [5.41, 5.74) is 1.90. The number of benzene rings is 1. The van der Waals surface area contributed by atoms with E-state index in [9.17, 15) is 28.8 Å². The first kappa shape index (κ1) is 32.1. The van der Waals surface area contributed by atoms with Gasteiger partial charge in [-0.1, -0.05) is 30.3 Å². The summed E-state index contributed by atoms with van der Waals surface area (Å²) in [5.74, 6) is -0.319. The number of hydrogen-bond acceptors (Lipinski definition) is 11. The number of pyridine rings is 2. The van der Waals surface area contributed by atoms with Gasteiger partial charge in [0.2, 0.25) is 11.8 Å². The minimum Gasteiger partial charge on any atom is -0.484 e. The molecule has 2 fully saturated rings. The van der Waals surface area contributed by atoms with Crippen molar-refractivity contribution in [2.45, 2.75) is 38.3 Å². The molecule has 15 heteroatoms. The number of ketones is 2. The van der Waals surface area contributed by atoms with Crippen molar-refractivity contribution in [1.82, 2.24) is 15.3 Å². The van der Waals surface area contributed by atoms with Gasteiger partial charge in [0.25, 0.3) is 0 Å². The van der Waals surface area contributed by atoms with Gasteiger partial charge in [0.05, 0.1) is 36.2 Å². The maximum atomic E-state index is 12.4. The number of rotatable bonds is 6. The topological polar surface area (TPSA) is 195 Å². The summed E-state index contributed by atoms with van der Waals surface area (Å²) in [5, 5.41) is 11.7. The molecule has 0 aliphatic carbocycles. The van der Waals surface area contributed by atoms with E-state index < -0.39 is 18.0 Å². The largest absolute Gasteiger partial charge is 0.484 e. The molecule has 4 aliphatic rings. The van der Waals surface area contributed by atoms with Gasteiger partial charge in [-0.05, 0) is 29.8 Å². The van der Waals surface area contributed by atoms with Crippen molar-refractivity contribution in [3.8, 4) is 11.5 Å².